The molecular weight excluding hydrogens is 392 g/mol. The first-order valence-corrected chi connectivity index (χ1v) is 10.6. The lowest BCUT2D eigenvalue weighted by atomic mass is 10.1. The van der Waals surface area contributed by atoms with Gasteiger partial charge in [0.25, 0.3) is 5.91 Å². The summed E-state index contributed by atoms with van der Waals surface area (Å²) < 4.78 is 16.4. The van der Waals surface area contributed by atoms with E-state index in [1.807, 2.05) is 19.9 Å². The molecule has 1 fully saturated rings. The van der Waals surface area contributed by atoms with Crippen LogP contribution in [0.25, 0.3) is 0 Å². The Labute approximate surface area is 174 Å². The van der Waals surface area contributed by atoms with Crippen molar-refractivity contribution in [1.29, 1.82) is 0 Å². The van der Waals surface area contributed by atoms with Crippen LogP contribution in [0, 0.1) is 0 Å². The van der Waals surface area contributed by atoms with Crippen molar-refractivity contribution in [2.24, 2.45) is 0 Å². The molecule has 2 heterocycles. The number of thioether (sulfide) groups is 1. The summed E-state index contributed by atoms with van der Waals surface area (Å²) in [6.45, 7) is 4.22. The molecule has 0 unspecified atom stereocenters. The maximum Gasteiger partial charge on any atom is 0.255 e. The van der Waals surface area contributed by atoms with Gasteiger partial charge in [-0.1, -0.05) is 0 Å². The molecule has 1 aromatic carbocycles. The van der Waals surface area contributed by atoms with Crippen LogP contribution in [0.3, 0.4) is 0 Å². The second kappa shape index (κ2) is 9.26. The molecule has 0 N–H and O–H groups in total. The van der Waals surface area contributed by atoms with E-state index in [4.69, 9.17) is 13.9 Å². The molecule has 1 aromatic heterocycles. The number of rotatable bonds is 7. The highest BCUT2D eigenvalue weighted by atomic mass is 32.2. The molecule has 7 nitrogen and oxygen atoms in total. The third kappa shape index (κ3) is 4.87. The van der Waals surface area contributed by atoms with Gasteiger partial charge in [0.05, 0.1) is 31.9 Å². The molecule has 8 heteroatoms. The molecular formula is C21H26N2O5S. The van der Waals surface area contributed by atoms with Gasteiger partial charge in [0.15, 0.2) is 11.5 Å². The fraction of sp³-hybridized carbons (Fsp3) is 0.429. The number of hydrogen-bond donors (Lipinski definition) is 0. The second-order valence-electron chi connectivity index (χ2n) is 7.10. The molecule has 0 spiro atoms. The summed E-state index contributed by atoms with van der Waals surface area (Å²) in [6.07, 6.45) is 1.57. The molecule has 3 rings (SSSR count). The number of benzene rings is 1. The van der Waals surface area contributed by atoms with E-state index < -0.39 is 6.04 Å². The normalized spacial score (nSPS) is 16.2. The number of ether oxygens (including phenoxy) is 2. The largest absolute Gasteiger partial charge is 0.493 e. The molecule has 1 aliphatic heterocycles. The lowest BCUT2D eigenvalue weighted by molar-refractivity contribution is -0.134. The first-order valence-electron chi connectivity index (χ1n) is 9.41. The summed E-state index contributed by atoms with van der Waals surface area (Å²) in [6, 6.07) is 8.20. The average Bonchev–Trinajstić information content (AvgIpc) is 3.38. The first kappa shape index (κ1) is 21.1. The summed E-state index contributed by atoms with van der Waals surface area (Å²) in [7, 11) is 3.26. The summed E-state index contributed by atoms with van der Waals surface area (Å²) in [5.41, 5.74) is 0.465. The van der Waals surface area contributed by atoms with Crippen LogP contribution in [-0.4, -0.2) is 59.5 Å². The van der Waals surface area contributed by atoms with E-state index in [2.05, 4.69) is 0 Å². The predicted molar refractivity (Wildman–Crippen MR) is 111 cm³/mol. The van der Waals surface area contributed by atoms with Crippen molar-refractivity contribution in [3.8, 4) is 11.5 Å². The third-order valence-electron chi connectivity index (χ3n) is 4.55. The smallest absolute Gasteiger partial charge is 0.255 e. The Morgan fingerprint density at radius 2 is 2.10 bits per heavy atom. The van der Waals surface area contributed by atoms with Gasteiger partial charge < -0.3 is 23.7 Å². The summed E-state index contributed by atoms with van der Waals surface area (Å²) in [5, 5.41) is 0. The zero-order chi connectivity index (χ0) is 21.0. The van der Waals surface area contributed by atoms with Gasteiger partial charge in [-0.2, -0.15) is 0 Å². The van der Waals surface area contributed by atoms with Gasteiger partial charge in [-0.15, -0.1) is 11.8 Å². The van der Waals surface area contributed by atoms with Crippen LogP contribution >= 0.6 is 11.8 Å². The highest BCUT2D eigenvalue weighted by Crippen LogP contribution is 2.31. The molecule has 0 radical (unpaired) electrons. The summed E-state index contributed by atoms with van der Waals surface area (Å²) >= 11 is 1.57. The van der Waals surface area contributed by atoms with Crippen LogP contribution in [0.5, 0.6) is 11.5 Å². The van der Waals surface area contributed by atoms with Gasteiger partial charge in [0.1, 0.15) is 11.8 Å². The number of furan rings is 1. The van der Waals surface area contributed by atoms with Crippen LogP contribution in [0.4, 0.5) is 0 Å². The molecule has 0 saturated carbocycles. The highest BCUT2D eigenvalue weighted by Gasteiger charge is 2.37. The van der Waals surface area contributed by atoms with Crippen molar-refractivity contribution in [3.05, 3.63) is 47.9 Å². The quantitative estimate of drug-likeness (QED) is 0.687. The third-order valence-corrected chi connectivity index (χ3v) is 5.56. The first-order chi connectivity index (χ1) is 13.9. The van der Waals surface area contributed by atoms with Crippen LogP contribution in [0.1, 0.15) is 30.0 Å². The van der Waals surface area contributed by atoms with Gasteiger partial charge in [0.2, 0.25) is 5.91 Å². The monoisotopic (exact) mass is 418 g/mol. The van der Waals surface area contributed by atoms with Gasteiger partial charge in [0, 0.05) is 18.4 Å². The Kier molecular flexibility index (Phi) is 6.74. The Hall–Kier alpha value is -2.61. The summed E-state index contributed by atoms with van der Waals surface area (Å²) in [4.78, 5) is 29.3. The Morgan fingerprint density at radius 3 is 2.76 bits per heavy atom. The summed E-state index contributed by atoms with van der Waals surface area (Å²) in [5.74, 6) is 2.51. The Bertz CT molecular complexity index is 853. The predicted octanol–water partition coefficient (Wildman–Crippen LogP) is 3.25. The molecule has 1 saturated heterocycles. The molecule has 156 valence electrons. The van der Waals surface area contributed by atoms with Crippen molar-refractivity contribution in [2.75, 3.05) is 25.8 Å². The standard InChI is InChI=1S/C21H26N2O5S/c1-14(2)28-18-8-7-15(10-19(18)26-4)20(24)23-13-29-12-17(23)21(25)22(3)11-16-6-5-9-27-16/h5-10,14,17H,11-13H2,1-4H3/t17-/m0/s1. The highest BCUT2D eigenvalue weighted by molar-refractivity contribution is 7.99. The lowest BCUT2D eigenvalue weighted by Gasteiger charge is -2.27. The van der Waals surface area contributed by atoms with Crippen molar-refractivity contribution >= 4 is 23.6 Å². The minimum Gasteiger partial charge on any atom is -0.493 e. The van der Waals surface area contributed by atoms with Crippen molar-refractivity contribution in [3.63, 3.8) is 0 Å². The van der Waals surface area contributed by atoms with Gasteiger partial charge in [-0.3, -0.25) is 9.59 Å². The zero-order valence-corrected chi connectivity index (χ0v) is 17.9. The van der Waals surface area contributed by atoms with Crippen LogP contribution in [-0.2, 0) is 11.3 Å². The van der Waals surface area contributed by atoms with Crippen molar-refractivity contribution in [1.82, 2.24) is 9.80 Å². The topological polar surface area (TPSA) is 72.2 Å². The number of amides is 2. The molecule has 29 heavy (non-hydrogen) atoms. The number of carbonyl (C=O) groups is 2. The SMILES string of the molecule is COc1cc(C(=O)N2CSC[C@H]2C(=O)N(C)Cc2ccco2)ccc1OC(C)C. The van der Waals surface area contributed by atoms with Crippen molar-refractivity contribution in [2.45, 2.75) is 32.5 Å². The van der Waals surface area contributed by atoms with E-state index in [1.165, 1.54) is 0 Å². The van der Waals surface area contributed by atoms with Crippen LogP contribution in [0.15, 0.2) is 41.0 Å². The minimum absolute atomic E-state index is 0.00728. The van der Waals surface area contributed by atoms with E-state index in [0.717, 1.165) is 0 Å². The average molecular weight is 419 g/mol. The molecule has 2 amide bonds. The Balaban J connectivity index is 1.74. The van der Waals surface area contributed by atoms with Crippen molar-refractivity contribution < 1.29 is 23.5 Å². The van der Waals surface area contributed by atoms with E-state index in [1.54, 1.807) is 66.2 Å². The maximum absolute atomic E-state index is 13.1. The fourth-order valence-electron chi connectivity index (χ4n) is 3.13. The zero-order valence-electron chi connectivity index (χ0n) is 17.1. The van der Waals surface area contributed by atoms with E-state index in [0.29, 0.717) is 41.0 Å². The number of methoxy groups -OCH3 is 1. The molecule has 0 aliphatic carbocycles. The number of hydrogen-bond acceptors (Lipinski definition) is 6. The number of nitrogens with zero attached hydrogens (tertiary/aromatic N) is 2. The second-order valence-corrected chi connectivity index (χ2v) is 8.10. The Morgan fingerprint density at radius 1 is 1.31 bits per heavy atom. The van der Waals surface area contributed by atoms with Crippen LogP contribution in [0.2, 0.25) is 0 Å². The minimum atomic E-state index is -0.509. The number of carbonyl (C=O) groups excluding carboxylic acids is 2. The van der Waals surface area contributed by atoms with E-state index in [9.17, 15) is 9.59 Å². The van der Waals surface area contributed by atoms with Crippen LogP contribution < -0.4 is 9.47 Å². The maximum atomic E-state index is 13.1. The van der Waals surface area contributed by atoms with Gasteiger partial charge in [-0.25, -0.2) is 0 Å². The number of likely N-dealkylation sites (N-methyl/N-ethyl adjacent to an activating group) is 1. The fourth-order valence-corrected chi connectivity index (χ4v) is 4.28. The molecule has 1 atom stereocenters. The molecule has 0 bridgehead atoms. The van der Waals surface area contributed by atoms with Gasteiger partial charge >= 0.3 is 0 Å². The lowest BCUT2D eigenvalue weighted by Crippen LogP contribution is -2.47. The molecule has 1 aliphatic rings. The van der Waals surface area contributed by atoms with Gasteiger partial charge in [-0.05, 0) is 44.2 Å². The van der Waals surface area contributed by atoms with E-state index >= 15 is 0 Å². The molecule has 2 aromatic rings. The van der Waals surface area contributed by atoms with E-state index in [-0.39, 0.29) is 17.9 Å².